The summed E-state index contributed by atoms with van der Waals surface area (Å²) in [6, 6.07) is 5.13. The van der Waals surface area contributed by atoms with Crippen molar-refractivity contribution in [2.75, 3.05) is 13.2 Å². The Kier molecular flexibility index (Phi) is 11.5. The van der Waals surface area contributed by atoms with Crippen molar-refractivity contribution in [2.45, 2.75) is 99.0 Å². The van der Waals surface area contributed by atoms with E-state index in [-0.39, 0.29) is 11.3 Å². The molecule has 3 aliphatic heterocycles. The van der Waals surface area contributed by atoms with Gasteiger partial charge in [-0.3, -0.25) is 4.79 Å². The Balaban J connectivity index is 1.43. The number of aliphatic hydroxyl groups excluding tert-OH is 10. The molecule has 4 heterocycles. The molecule has 0 radical (unpaired) electrons. The van der Waals surface area contributed by atoms with E-state index in [0.717, 1.165) is 24.3 Å². The van der Waals surface area contributed by atoms with Crippen LogP contribution < -0.4 is 14.9 Å². The van der Waals surface area contributed by atoms with Gasteiger partial charge in [0.1, 0.15) is 83.5 Å². The lowest BCUT2D eigenvalue weighted by atomic mass is 9.97. The lowest BCUT2D eigenvalue weighted by Crippen LogP contribution is -2.64. The third-order valence-electron chi connectivity index (χ3n) is 9.40. The van der Waals surface area contributed by atoms with E-state index in [1.165, 1.54) is 13.0 Å². The molecule has 0 unspecified atom stereocenters. The normalized spacial score (nSPS) is 37.3. The Bertz CT molecular complexity index is 1850. The average molecular weight is 773 g/mol. The molecule has 21 heteroatoms. The molecule has 2 aromatic carbocycles. The fourth-order valence-electron chi connectivity index (χ4n) is 6.28. The second-order valence-corrected chi connectivity index (χ2v) is 13.0. The first-order valence-corrected chi connectivity index (χ1v) is 16.5. The Hall–Kier alpha value is -3.91. The van der Waals surface area contributed by atoms with Crippen LogP contribution in [0, 0.1) is 0 Å². The largest absolute Gasteiger partial charge is 0.507 e. The van der Waals surface area contributed by atoms with Crippen LogP contribution in [-0.4, -0.2) is 172 Å². The standard InChI is InChI=1S/C33H40O21/c1-9-19(39)23(43)26(46)31(48-9)54-30-25(45)21(41)17(8-35)52-33(30)53-29-22(42)18-14(38)5-11(49-32-27(47)24(44)20(40)16(7-34)51-32)6-15(18)50-28(29)10-2-3-12(36)13(37)4-10/h2-6,9,16-17,19-21,23-27,30-41,43-47H,7-8H2,1H3/t9-,16-,17-,19-,20-,21-,23-,24-,25-,26-,27-,30-,31-,32-,33+/m0/s1. The molecular weight excluding hydrogens is 732 g/mol. The summed E-state index contributed by atoms with van der Waals surface area (Å²) in [7, 11) is 0. The van der Waals surface area contributed by atoms with Crippen LogP contribution in [0.15, 0.2) is 39.5 Å². The van der Waals surface area contributed by atoms with E-state index < -0.39 is 150 Å². The van der Waals surface area contributed by atoms with Gasteiger partial charge in [-0.25, -0.2) is 0 Å². The number of phenols is 3. The zero-order valence-corrected chi connectivity index (χ0v) is 28.0. The summed E-state index contributed by atoms with van der Waals surface area (Å²) in [6.45, 7) is -0.308. The van der Waals surface area contributed by atoms with Gasteiger partial charge >= 0.3 is 0 Å². The van der Waals surface area contributed by atoms with Crippen LogP contribution >= 0.6 is 0 Å². The summed E-state index contributed by atoms with van der Waals surface area (Å²) in [5.74, 6) is -3.70. The summed E-state index contributed by atoms with van der Waals surface area (Å²) in [5.41, 5.74) is -1.69. The van der Waals surface area contributed by atoms with Gasteiger partial charge in [-0.1, -0.05) is 0 Å². The summed E-state index contributed by atoms with van der Waals surface area (Å²) in [4.78, 5) is 14.2. The highest BCUT2D eigenvalue weighted by atomic mass is 16.8. The number of hydrogen-bond acceptors (Lipinski definition) is 21. The van der Waals surface area contributed by atoms with Gasteiger partial charge in [-0.15, -0.1) is 0 Å². The molecule has 0 amide bonds. The van der Waals surface area contributed by atoms with E-state index in [0.29, 0.717) is 0 Å². The van der Waals surface area contributed by atoms with E-state index >= 15 is 0 Å². The number of ether oxygens (including phenoxy) is 6. The van der Waals surface area contributed by atoms with Crippen molar-refractivity contribution in [3.63, 3.8) is 0 Å². The molecule has 1 aromatic heterocycles. The molecule has 15 atom stereocenters. The molecular formula is C33H40O21. The van der Waals surface area contributed by atoms with Gasteiger partial charge in [-0.05, 0) is 25.1 Å². The minimum Gasteiger partial charge on any atom is -0.507 e. The van der Waals surface area contributed by atoms with Crippen LogP contribution in [0.1, 0.15) is 6.92 Å². The molecule has 54 heavy (non-hydrogen) atoms. The molecule has 0 aliphatic carbocycles. The van der Waals surface area contributed by atoms with Gasteiger partial charge in [-0.2, -0.15) is 0 Å². The first kappa shape index (κ1) is 39.8. The highest BCUT2D eigenvalue weighted by Gasteiger charge is 2.51. The van der Waals surface area contributed by atoms with E-state index in [1.807, 2.05) is 0 Å². The van der Waals surface area contributed by atoms with Crippen molar-refractivity contribution in [1.82, 2.24) is 0 Å². The Morgan fingerprint density at radius 2 is 1.24 bits per heavy atom. The Morgan fingerprint density at radius 1 is 0.630 bits per heavy atom. The van der Waals surface area contributed by atoms with Crippen LogP contribution in [0.5, 0.6) is 28.7 Å². The zero-order chi connectivity index (χ0) is 39.3. The van der Waals surface area contributed by atoms with Crippen molar-refractivity contribution < 1.29 is 99.2 Å². The predicted octanol–water partition coefficient (Wildman–Crippen LogP) is -4.21. The van der Waals surface area contributed by atoms with Gasteiger partial charge in [0.25, 0.3) is 0 Å². The molecule has 0 spiro atoms. The fraction of sp³-hybridized carbons (Fsp3) is 0.545. The third kappa shape index (κ3) is 7.27. The number of aromatic hydroxyl groups is 3. The van der Waals surface area contributed by atoms with Gasteiger partial charge in [0.05, 0.1) is 19.3 Å². The quantitative estimate of drug-likeness (QED) is 0.0917. The topological polar surface area (TPSA) is 349 Å². The molecule has 3 aliphatic rings. The van der Waals surface area contributed by atoms with Gasteiger partial charge in [0, 0.05) is 17.7 Å². The first-order valence-electron chi connectivity index (χ1n) is 16.5. The van der Waals surface area contributed by atoms with Gasteiger partial charge in [0.15, 0.2) is 29.7 Å². The van der Waals surface area contributed by atoms with E-state index in [9.17, 15) is 71.2 Å². The highest BCUT2D eigenvalue weighted by molar-refractivity contribution is 5.88. The predicted molar refractivity (Wildman–Crippen MR) is 173 cm³/mol. The van der Waals surface area contributed by atoms with Crippen LogP contribution in [0.3, 0.4) is 0 Å². The summed E-state index contributed by atoms with van der Waals surface area (Å²) < 4.78 is 39.7. The summed E-state index contributed by atoms with van der Waals surface area (Å²) >= 11 is 0. The van der Waals surface area contributed by atoms with E-state index in [2.05, 4.69) is 0 Å². The monoisotopic (exact) mass is 772 g/mol. The number of benzene rings is 2. The van der Waals surface area contributed by atoms with Gasteiger partial charge < -0.3 is 99.2 Å². The number of phenolic OH excluding ortho intramolecular Hbond substituents is 3. The van der Waals surface area contributed by atoms with Crippen LogP contribution in [0.2, 0.25) is 0 Å². The lowest BCUT2D eigenvalue weighted by Gasteiger charge is -2.45. The zero-order valence-electron chi connectivity index (χ0n) is 28.0. The van der Waals surface area contributed by atoms with Crippen LogP contribution in [0.4, 0.5) is 0 Å². The van der Waals surface area contributed by atoms with E-state index in [1.54, 1.807) is 0 Å². The minimum absolute atomic E-state index is 0.136. The maximum atomic E-state index is 14.2. The summed E-state index contributed by atoms with van der Waals surface area (Å²) in [5, 5.41) is 134. The fourth-order valence-corrected chi connectivity index (χ4v) is 6.28. The number of fused-ring (bicyclic) bond motifs is 1. The molecule has 3 aromatic rings. The molecule has 6 rings (SSSR count). The maximum absolute atomic E-state index is 14.2. The van der Waals surface area contributed by atoms with Crippen molar-refractivity contribution in [3.05, 3.63) is 40.6 Å². The third-order valence-corrected chi connectivity index (χ3v) is 9.40. The molecule has 298 valence electrons. The lowest BCUT2D eigenvalue weighted by molar-refractivity contribution is -0.354. The first-order chi connectivity index (χ1) is 25.6. The molecule has 0 bridgehead atoms. The Labute approximate surface area is 303 Å². The van der Waals surface area contributed by atoms with Crippen LogP contribution in [0.25, 0.3) is 22.3 Å². The molecule has 3 fully saturated rings. The van der Waals surface area contributed by atoms with Crippen molar-refractivity contribution in [2.24, 2.45) is 0 Å². The number of aliphatic hydroxyl groups is 10. The summed E-state index contributed by atoms with van der Waals surface area (Å²) in [6.07, 6.45) is -25.8. The minimum atomic E-state index is -1.99. The average Bonchev–Trinajstić information content (AvgIpc) is 3.14. The highest BCUT2D eigenvalue weighted by Crippen LogP contribution is 2.41. The van der Waals surface area contributed by atoms with Crippen molar-refractivity contribution >= 4 is 11.0 Å². The maximum Gasteiger partial charge on any atom is 0.239 e. The number of hydrogen-bond donors (Lipinski definition) is 13. The van der Waals surface area contributed by atoms with E-state index in [4.69, 9.17) is 32.8 Å². The smallest absolute Gasteiger partial charge is 0.239 e. The van der Waals surface area contributed by atoms with Crippen molar-refractivity contribution in [3.8, 4) is 40.1 Å². The molecule has 13 N–H and O–H groups in total. The second-order valence-electron chi connectivity index (χ2n) is 13.0. The van der Waals surface area contributed by atoms with Gasteiger partial charge in [0.2, 0.25) is 23.8 Å². The van der Waals surface area contributed by atoms with Crippen LogP contribution in [-0.2, 0) is 18.9 Å². The molecule has 0 saturated carbocycles. The second kappa shape index (κ2) is 15.7. The Morgan fingerprint density at radius 3 is 1.89 bits per heavy atom. The number of rotatable bonds is 9. The molecule has 3 saturated heterocycles. The molecule has 21 nitrogen and oxygen atoms in total. The SMILES string of the molecule is C[C@@H]1O[C@@H](O[C@@H]2[C@@H](Oc3c(-c4ccc(O)c(O)c4)oc4cc(O[C@H]5O[C@@H](CO)[C@H](O)[C@H](O)[C@@H]5O)cc(O)c4c3=O)O[C@@H](CO)[C@H](O)[C@@H]2O)[C@@H](O)[C@@H](O)[C@H]1O. The van der Waals surface area contributed by atoms with Crippen molar-refractivity contribution in [1.29, 1.82) is 0 Å².